The van der Waals surface area contributed by atoms with Crippen molar-refractivity contribution in [3.05, 3.63) is 35.8 Å². The summed E-state index contributed by atoms with van der Waals surface area (Å²) in [5.74, 6) is -0.350. The monoisotopic (exact) mass is 237 g/mol. The van der Waals surface area contributed by atoms with Gasteiger partial charge in [0.2, 0.25) is 0 Å². The molecule has 0 fully saturated rings. The molecule has 5 nitrogen and oxygen atoms in total. The summed E-state index contributed by atoms with van der Waals surface area (Å²) in [6.07, 6.45) is 0.532. The Labute approximate surface area is 96.4 Å². The van der Waals surface area contributed by atoms with Crippen molar-refractivity contribution in [3.8, 4) is 0 Å². The summed E-state index contributed by atoms with van der Waals surface area (Å²) in [5.41, 5.74) is 7.29. The molecule has 0 radical (unpaired) electrons. The first-order valence-corrected chi connectivity index (χ1v) is 5.07. The van der Waals surface area contributed by atoms with Crippen molar-refractivity contribution >= 4 is 17.0 Å². The van der Waals surface area contributed by atoms with E-state index in [0.29, 0.717) is 10.9 Å². The van der Waals surface area contributed by atoms with Crippen LogP contribution >= 0.6 is 0 Å². The molecule has 5 N–H and O–H groups in total. The topological polar surface area (TPSA) is 91.1 Å². The standard InChI is InChI=1S/C11H12FN3O2/c12-6-1-2-10-7(3-6)8(4-14-10)9(13)5-15-11(16)17/h1-4,9,14-15H,5,13H2,(H,16,17). The maximum absolute atomic E-state index is 13.1. The predicted octanol–water partition coefficient (Wildman–Crippen LogP) is 1.57. The lowest BCUT2D eigenvalue weighted by molar-refractivity contribution is 0.193. The summed E-state index contributed by atoms with van der Waals surface area (Å²) in [4.78, 5) is 13.3. The molecule has 17 heavy (non-hydrogen) atoms. The molecule has 6 heteroatoms. The minimum absolute atomic E-state index is 0.0821. The molecule has 1 aromatic carbocycles. The van der Waals surface area contributed by atoms with Gasteiger partial charge >= 0.3 is 6.09 Å². The third-order valence-corrected chi connectivity index (χ3v) is 2.55. The molecule has 2 aromatic rings. The van der Waals surface area contributed by atoms with Crippen LogP contribution in [0.25, 0.3) is 10.9 Å². The molecule has 0 spiro atoms. The Hall–Kier alpha value is -2.08. The zero-order chi connectivity index (χ0) is 12.4. The van der Waals surface area contributed by atoms with Crippen LogP contribution in [0.2, 0.25) is 0 Å². The molecule has 0 aliphatic heterocycles. The summed E-state index contributed by atoms with van der Waals surface area (Å²) in [6.45, 7) is 0.0821. The van der Waals surface area contributed by atoms with Crippen molar-refractivity contribution in [1.82, 2.24) is 10.3 Å². The van der Waals surface area contributed by atoms with E-state index in [1.807, 2.05) is 0 Å². The van der Waals surface area contributed by atoms with Gasteiger partial charge in [0, 0.05) is 29.7 Å². The Kier molecular flexibility index (Phi) is 2.97. The number of H-pyrrole nitrogens is 1. The van der Waals surface area contributed by atoms with E-state index in [0.717, 1.165) is 5.52 Å². The van der Waals surface area contributed by atoms with E-state index in [9.17, 15) is 9.18 Å². The lowest BCUT2D eigenvalue weighted by atomic mass is 10.1. The normalized spacial score (nSPS) is 12.6. The first-order chi connectivity index (χ1) is 8.08. The van der Waals surface area contributed by atoms with Gasteiger partial charge in [0.25, 0.3) is 0 Å². The fourth-order valence-corrected chi connectivity index (χ4v) is 1.73. The van der Waals surface area contributed by atoms with Crippen molar-refractivity contribution in [1.29, 1.82) is 0 Å². The Balaban J connectivity index is 2.28. The largest absolute Gasteiger partial charge is 0.465 e. The van der Waals surface area contributed by atoms with Crippen LogP contribution < -0.4 is 11.1 Å². The highest BCUT2D eigenvalue weighted by atomic mass is 19.1. The molecule has 1 unspecified atom stereocenters. The molecule has 0 saturated heterocycles. The van der Waals surface area contributed by atoms with Gasteiger partial charge in [0.1, 0.15) is 5.82 Å². The fourth-order valence-electron chi connectivity index (χ4n) is 1.73. The van der Waals surface area contributed by atoms with Gasteiger partial charge < -0.3 is 21.1 Å². The van der Waals surface area contributed by atoms with Crippen molar-refractivity contribution in [3.63, 3.8) is 0 Å². The van der Waals surface area contributed by atoms with Gasteiger partial charge in [0.05, 0.1) is 0 Å². The van der Waals surface area contributed by atoms with Gasteiger partial charge in [-0.15, -0.1) is 0 Å². The minimum atomic E-state index is -1.13. The van der Waals surface area contributed by atoms with Crippen LogP contribution in [0.1, 0.15) is 11.6 Å². The number of carbonyl (C=O) groups is 1. The third kappa shape index (κ3) is 2.36. The van der Waals surface area contributed by atoms with Crippen LogP contribution in [0, 0.1) is 5.82 Å². The second-order valence-corrected chi connectivity index (χ2v) is 3.73. The summed E-state index contributed by atoms with van der Waals surface area (Å²) < 4.78 is 13.1. The van der Waals surface area contributed by atoms with E-state index in [1.165, 1.54) is 12.1 Å². The van der Waals surface area contributed by atoms with Crippen LogP contribution in [-0.2, 0) is 0 Å². The van der Waals surface area contributed by atoms with Crippen molar-refractivity contribution in [2.75, 3.05) is 6.54 Å². The van der Waals surface area contributed by atoms with Crippen LogP contribution in [-0.4, -0.2) is 22.7 Å². The Morgan fingerprint density at radius 1 is 1.59 bits per heavy atom. The molecule has 1 amide bonds. The molecular formula is C11H12FN3O2. The van der Waals surface area contributed by atoms with Gasteiger partial charge in [-0.1, -0.05) is 0 Å². The Morgan fingerprint density at radius 3 is 3.06 bits per heavy atom. The number of aromatic amines is 1. The highest BCUT2D eigenvalue weighted by Gasteiger charge is 2.13. The quantitative estimate of drug-likeness (QED) is 0.653. The predicted molar refractivity (Wildman–Crippen MR) is 61.2 cm³/mol. The lowest BCUT2D eigenvalue weighted by Crippen LogP contribution is -2.30. The van der Waals surface area contributed by atoms with Crippen molar-refractivity contribution < 1.29 is 14.3 Å². The average Bonchev–Trinajstić information content (AvgIpc) is 2.68. The highest BCUT2D eigenvalue weighted by Crippen LogP contribution is 2.23. The number of carboxylic acid groups (broad SMARTS) is 1. The maximum Gasteiger partial charge on any atom is 0.404 e. The number of amides is 1. The number of nitrogens with two attached hydrogens (primary N) is 1. The minimum Gasteiger partial charge on any atom is -0.465 e. The molecule has 0 bridgehead atoms. The molecule has 1 heterocycles. The smallest absolute Gasteiger partial charge is 0.404 e. The molecule has 1 atom stereocenters. The van der Waals surface area contributed by atoms with Gasteiger partial charge in [-0.05, 0) is 23.8 Å². The summed E-state index contributed by atoms with van der Waals surface area (Å²) >= 11 is 0. The average molecular weight is 237 g/mol. The highest BCUT2D eigenvalue weighted by molar-refractivity contribution is 5.83. The zero-order valence-electron chi connectivity index (χ0n) is 8.90. The van der Waals surface area contributed by atoms with Crippen LogP contribution in [0.4, 0.5) is 9.18 Å². The van der Waals surface area contributed by atoms with E-state index in [4.69, 9.17) is 10.8 Å². The van der Waals surface area contributed by atoms with Gasteiger partial charge in [-0.25, -0.2) is 9.18 Å². The van der Waals surface area contributed by atoms with E-state index in [-0.39, 0.29) is 12.4 Å². The summed E-state index contributed by atoms with van der Waals surface area (Å²) in [5, 5.41) is 11.4. The summed E-state index contributed by atoms with van der Waals surface area (Å²) in [7, 11) is 0. The van der Waals surface area contributed by atoms with Crippen LogP contribution in [0.3, 0.4) is 0 Å². The van der Waals surface area contributed by atoms with E-state index >= 15 is 0 Å². The van der Waals surface area contributed by atoms with E-state index < -0.39 is 12.1 Å². The van der Waals surface area contributed by atoms with Crippen molar-refractivity contribution in [2.24, 2.45) is 5.73 Å². The van der Waals surface area contributed by atoms with E-state index in [2.05, 4.69) is 10.3 Å². The number of hydrogen-bond acceptors (Lipinski definition) is 2. The first kappa shape index (κ1) is 11.4. The molecule has 1 aromatic heterocycles. The number of hydrogen-bond donors (Lipinski definition) is 4. The number of aromatic nitrogens is 1. The molecule has 90 valence electrons. The number of benzene rings is 1. The number of fused-ring (bicyclic) bond motifs is 1. The zero-order valence-corrected chi connectivity index (χ0v) is 8.90. The second-order valence-electron chi connectivity index (χ2n) is 3.73. The molecule has 0 saturated carbocycles. The van der Waals surface area contributed by atoms with Gasteiger partial charge in [0.15, 0.2) is 0 Å². The first-order valence-electron chi connectivity index (χ1n) is 5.07. The molecular weight excluding hydrogens is 225 g/mol. The molecule has 2 rings (SSSR count). The second kappa shape index (κ2) is 4.42. The number of nitrogens with one attached hydrogen (secondary N) is 2. The summed E-state index contributed by atoms with van der Waals surface area (Å²) in [6, 6.07) is 3.83. The third-order valence-electron chi connectivity index (χ3n) is 2.55. The lowest BCUT2D eigenvalue weighted by Gasteiger charge is -2.10. The Morgan fingerprint density at radius 2 is 2.35 bits per heavy atom. The number of rotatable bonds is 3. The number of halogens is 1. The van der Waals surface area contributed by atoms with Crippen molar-refractivity contribution in [2.45, 2.75) is 6.04 Å². The van der Waals surface area contributed by atoms with Gasteiger partial charge in [-0.3, -0.25) is 0 Å². The molecule has 0 aliphatic carbocycles. The van der Waals surface area contributed by atoms with Gasteiger partial charge in [-0.2, -0.15) is 0 Å². The maximum atomic E-state index is 13.1. The van der Waals surface area contributed by atoms with Crippen LogP contribution in [0.15, 0.2) is 24.4 Å². The fraction of sp³-hybridized carbons (Fsp3) is 0.182. The molecule has 0 aliphatic rings. The SMILES string of the molecule is NC(CNC(=O)O)c1c[nH]c2ccc(F)cc12. The van der Waals surface area contributed by atoms with Crippen LogP contribution in [0.5, 0.6) is 0 Å². The Bertz CT molecular complexity index is 553. The van der Waals surface area contributed by atoms with E-state index in [1.54, 1.807) is 12.3 Å².